The third-order valence-electron chi connectivity index (χ3n) is 2.43. The third kappa shape index (κ3) is 4.33. The Kier molecular flexibility index (Phi) is 5.25. The lowest BCUT2D eigenvalue weighted by Gasteiger charge is -2.16. The topological polar surface area (TPSA) is 99.1 Å². The molecule has 0 aromatic heterocycles. The first-order valence-corrected chi connectivity index (χ1v) is 7.57. The van der Waals surface area contributed by atoms with Gasteiger partial charge in [-0.2, -0.15) is 9.98 Å². The Balaban J connectivity index is 2.90. The van der Waals surface area contributed by atoms with E-state index in [1.807, 2.05) is 6.07 Å². The van der Waals surface area contributed by atoms with Crippen LogP contribution in [0.25, 0.3) is 0 Å². The summed E-state index contributed by atoms with van der Waals surface area (Å²) in [6, 6.07) is 6.52. The van der Waals surface area contributed by atoms with Crippen molar-refractivity contribution in [1.82, 2.24) is 10.0 Å². The Morgan fingerprint density at radius 1 is 1.30 bits per heavy atom. The van der Waals surface area contributed by atoms with E-state index in [9.17, 15) is 13.2 Å². The van der Waals surface area contributed by atoms with Crippen LogP contribution in [0.15, 0.2) is 29.2 Å². The van der Waals surface area contributed by atoms with Crippen LogP contribution < -0.4 is 10.0 Å². The molecule has 2 N–H and O–H groups in total. The smallest absolute Gasteiger partial charge is 0.241 e. The molecule has 0 saturated heterocycles. The van der Waals surface area contributed by atoms with Crippen LogP contribution in [-0.4, -0.2) is 26.4 Å². The van der Waals surface area contributed by atoms with Gasteiger partial charge in [-0.3, -0.25) is 4.79 Å². The number of rotatable bonds is 5. The zero-order chi connectivity index (χ0) is 15.3. The largest absolute Gasteiger partial charge is 0.353 e. The van der Waals surface area contributed by atoms with Crippen LogP contribution >= 0.6 is 0 Å². The number of benzene rings is 1. The van der Waals surface area contributed by atoms with Gasteiger partial charge >= 0.3 is 0 Å². The molecule has 0 aliphatic rings. The molecule has 1 rings (SSSR count). The van der Waals surface area contributed by atoms with E-state index in [4.69, 9.17) is 5.26 Å². The van der Waals surface area contributed by atoms with Gasteiger partial charge in [0, 0.05) is 6.04 Å². The van der Waals surface area contributed by atoms with Crippen molar-refractivity contribution in [3.63, 3.8) is 0 Å². The first kappa shape index (κ1) is 16.1. The van der Waals surface area contributed by atoms with Gasteiger partial charge in [-0.1, -0.05) is 6.07 Å². The summed E-state index contributed by atoms with van der Waals surface area (Å²) in [6.07, 6.45) is 0. The Morgan fingerprint density at radius 3 is 2.50 bits per heavy atom. The van der Waals surface area contributed by atoms with Crippen molar-refractivity contribution in [2.75, 3.05) is 0 Å². The van der Waals surface area contributed by atoms with E-state index in [-0.39, 0.29) is 16.5 Å². The normalized spacial score (nSPS) is 12.8. The van der Waals surface area contributed by atoms with E-state index < -0.39 is 22.0 Å². The van der Waals surface area contributed by atoms with E-state index in [1.54, 1.807) is 13.8 Å². The van der Waals surface area contributed by atoms with Crippen molar-refractivity contribution in [3.8, 4) is 6.07 Å². The van der Waals surface area contributed by atoms with Crippen LogP contribution in [-0.2, 0) is 14.8 Å². The van der Waals surface area contributed by atoms with E-state index in [1.165, 1.54) is 31.2 Å². The maximum Gasteiger partial charge on any atom is 0.241 e. The van der Waals surface area contributed by atoms with Gasteiger partial charge in [0.2, 0.25) is 15.9 Å². The minimum atomic E-state index is -3.83. The number of nitrogens with one attached hydrogen (secondary N) is 2. The van der Waals surface area contributed by atoms with Crippen LogP contribution in [0.5, 0.6) is 0 Å². The summed E-state index contributed by atoms with van der Waals surface area (Å²) < 4.78 is 26.5. The summed E-state index contributed by atoms with van der Waals surface area (Å²) in [7, 11) is -3.83. The van der Waals surface area contributed by atoms with Crippen molar-refractivity contribution in [3.05, 3.63) is 29.8 Å². The standard InChI is InChI=1S/C13H17N3O3S/c1-9(2)15-13(17)10(3)16-20(18,19)12-6-4-5-11(7-12)8-14/h4-7,9-10,16H,1-3H3,(H,15,17). The molecule has 7 heteroatoms. The van der Waals surface area contributed by atoms with Crippen molar-refractivity contribution < 1.29 is 13.2 Å². The fourth-order valence-corrected chi connectivity index (χ4v) is 2.75. The maximum absolute atomic E-state index is 12.1. The number of amides is 1. The van der Waals surface area contributed by atoms with Crippen LogP contribution in [0.4, 0.5) is 0 Å². The summed E-state index contributed by atoms with van der Waals surface area (Å²) >= 11 is 0. The Bertz CT molecular complexity index is 633. The number of hydrogen-bond donors (Lipinski definition) is 2. The van der Waals surface area contributed by atoms with Gasteiger partial charge < -0.3 is 5.32 Å². The minimum absolute atomic E-state index is 0.0410. The van der Waals surface area contributed by atoms with Crippen LogP contribution in [0.2, 0.25) is 0 Å². The molecule has 20 heavy (non-hydrogen) atoms. The average Bonchev–Trinajstić information content (AvgIpc) is 2.37. The first-order valence-electron chi connectivity index (χ1n) is 6.09. The number of nitrogens with zero attached hydrogens (tertiary/aromatic N) is 1. The highest BCUT2D eigenvalue weighted by Gasteiger charge is 2.22. The molecular weight excluding hydrogens is 278 g/mol. The molecule has 0 fully saturated rings. The van der Waals surface area contributed by atoms with Gasteiger partial charge in [-0.25, -0.2) is 8.42 Å². The van der Waals surface area contributed by atoms with E-state index in [2.05, 4.69) is 10.0 Å². The minimum Gasteiger partial charge on any atom is -0.353 e. The van der Waals surface area contributed by atoms with Gasteiger partial charge in [0.1, 0.15) is 0 Å². The molecule has 0 bridgehead atoms. The zero-order valence-electron chi connectivity index (χ0n) is 11.5. The predicted octanol–water partition coefficient (Wildman–Crippen LogP) is 0.750. The summed E-state index contributed by atoms with van der Waals surface area (Å²) in [6.45, 7) is 5.04. The highest BCUT2D eigenvalue weighted by Crippen LogP contribution is 2.11. The van der Waals surface area contributed by atoms with Gasteiger partial charge in [0.15, 0.2) is 0 Å². The van der Waals surface area contributed by atoms with Gasteiger partial charge in [0.25, 0.3) is 0 Å². The van der Waals surface area contributed by atoms with Gasteiger partial charge in [-0.15, -0.1) is 0 Å². The molecule has 0 aliphatic carbocycles. The third-order valence-corrected chi connectivity index (χ3v) is 3.97. The van der Waals surface area contributed by atoms with Crippen molar-refractivity contribution in [2.24, 2.45) is 0 Å². The lowest BCUT2D eigenvalue weighted by molar-refractivity contribution is -0.122. The molecule has 6 nitrogen and oxygen atoms in total. The molecule has 1 atom stereocenters. The Labute approximate surface area is 118 Å². The molecule has 108 valence electrons. The predicted molar refractivity (Wildman–Crippen MR) is 74.2 cm³/mol. The number of hydrogen-bond acceptors (Lipinski definition) is 4. The fourth-order valence-electron chi connectivity index (χ4n) is 1.50. The first-order chi connectivity index (χ1) is 9.26. The average molecular weight is 295 g/mol. The second-order valence-electron chi connectivity index (χ2n) is 4.65. The van der Waals surface area contributed by atoms with E-state index in [0.29, 0.717) is 0 Å². The zero-order valence-corrected chi connectivity index (χ0v) is 12.4. The molecule has 0 spiro atoms. The fraction of sp³-hybridized carbons (Fsp3) is 0.385. The van der Waals surface area contributed by atoms with Crippen LogP contribution in [0.1, 0.15) is 26.3 Å². The molecular formula is C13H17N3O3S. The monoisotopic (exact) mass is 295 g/mol. The molecule has 0 saturated carbocycles. The highest BCUT2D eigenvalue weighted by molar-refractivity contribution is 7.89. The quantitative estimate of drug-likeness (QED) is 0.837. The van der Waals surface area contributed by atoms with Gasteiger partial charge in [-0.05, 0) is 39.0 Å². The lowest BCUT2D eigenvalue weighted by Crippen LogP contribution is -2.46. The maximum atomic E-state index is 12.1. The SMILES string of the molecule is CC(C)NC(=O)C(C)NS(=O)(=O)c1cccc(C#N)c1. The second-order valence-corrected chi connectivity index (χ2v) is 6.36. The molecule has 0 radical (unpaired) electrons. The summed E-state index contributed by atoms with van der Waals surface area (Å²) in [5.41, 5.74) is 0.243. The molecule has 1 aromatic rings. The molecule has 0 heterocycles. The molecule has 1 aromatic carbocycles. The van der Waals surface area contributed by atoms with Crippen molar-refractivity contribution >= 4 is 15.9 Å². The lowest BCUT2D eigenvalue weighted by atomic mass is 10.2. The van der Waals surface area contributed by atoms with Gasteiger partial charge in [0.05, 0.1) is 22.6 Å². The van der Waals surface area contributed by atoms with Crippen molar-refractivity contribution in [1.29, 1.82) is 5.26 Å². The Hall–Kier alpha value is -1.91. The summed E-state index contributed by atoms with van der Waals surface area (Å²) in [5, 5.41) is 11.4. The number of sulfonamides is 1. The number of nitriles is 1. The number of carbonyl (C=O) groups excluding carboxylic acids is 1. The van der Waals surface area contributed by atoms with Crippen LogP contribution in [0, 0.1) is 11.3 Å². The van der Waals surface area contributed by atoms with Crippen molar-refractivity contribution in [2.45, 2.75) is 37.8 Å². The summed E-state index contributed by atoms with van der Waals surface area (Å²) in [5.74, 6) is -0.403. The molecule has 1 unspecified atom stereocenters. The number of carbonyl (C=O) groups is 1. The molecule has 0 aliphatic heterocycles. The highest BCUT2D eigenvalue weighted by atomic mass is 32.2. The Morgan fingerprint density at radius 2 is 1.95 bits per heavy atom. The molecule has 1 amide bonds. The second kappa shape index (κ2) is 6.50. The summed E-state index contributed by atoms with van der Waals surface area (Å²) in [4.78, 5) is 11.7. The van der Waals surface area contributed by atoms with Crippen LogP contribution in [0.3, 0.4) is 0 Å². The van der Waals surface area contributed by atoms with E-state index >= 15 is 0 Å². The van der Waals surface area contributed by atoms with E-state index in [0.717, 1.165) is 0 Å².